The molecule has 0 radical (unpaired) electrons. The maximum atomic E-state index is 5.97. The molecule has 0 aliphatic carbocycles. The number of hydrogen-bond donors (Lipinski definition) is 1. The van der Waals surface area contributed by atoms with E-state index in [2.05, 4.69) is 30.2 Å². The van der Waals surface area contributed by atoms with Crippen LogP contribution in [-0.2, 0) is 17.9 Å². The minimum atomic E-state index is -0.0478. The number of ether oxygens (including phenoxy) is 3. The van der Waals surface area contributed by atoms with Crippen molar-refractivity contribution in [2.45, 2.75) is 51.5 Å². The van der Waals surface area contributed by atoms with Crippen LogP contribution in [0, 0.1) is 0 Å². The molecule has 2 aromatic rings. The smallest absolute Gasteiger partial charge is 0.161 e. The third-order valence-corrected chi connectivity index (χ3v) is 4.64. The summed E-state index contributed by atoms with van der Waals surface area (Å²) >= 11 is 0. The zero-order chi connectivity index (χ0) is 18.4. The Labute approximate surface area is 155 Å². The molecule has 1 unspecified atom stereocenters. The van der Waals surface area contributed by atoms with Gasteiger partial charge in [-0.05, 0) is 50.5 Å². The molecule has 1 atom stereocenters. The third-order valence-electron chi connectivity index (χ3n) is 4.64. The van der Waals surface area contributed by atoms with Crippen LogP contribution >= 0.6 is 0 Å². The number of aromatic nitrogens is 1. The standard InChI is InChI=1S/C21H28N2O3/c1-21(2)12-18(8-10-26-21)23-14-16-6-7-19(24-3)20(11-16)25-15-17-5-4-9-22-13-17/h4-7,9,11,13,18,23H,8,10,12,14-15H2,1-3H3. The molecule has 1 aliphatic heterocycles. The first-order valence-electron chi connectivity index (χ1n) is 9.12. The van der Waals surface area contributed by atoms with Crippen molar-refractivity contribution in [1.82, 2.24) is 10.3 Å². The number of rotatable bonds is 7. The van der Waals surface area contributed by atoms with E-state index < -0.39 is 0 Å². The molecule has 3 rings (SSSR count). The summed E-state index contributed by atoms with van der Waals surface area (Å²) in [6, 6.07) is 10.5. The molecule has 1 aromatic heterocycles. The Morgan fingerprint density at radius 1 is 1.23 bits per heavy atom. The van der Waals surface area contributed by atoms with Crippen LogP contribution in [0.4, 0.5) is 0 Å². The zero-order valence-electron chi connectivity index (χ0n) is 15.8. The second kappa shape index (κ2) is 8.52. The molecule has 1 saturated heterocycles. The summed E-state index contributed by atoms with van der Waals surface area (Å²) in [6.45, 7) is 6.38. The van der Waals surface area contributed by atoms with E-state index >= 15 is 0 Å². The van der Waals surface area contributed by atoms with Gasteiger partial charge in [0.15, 0.2) is 11.5 Å². The van der Waals surface area contributed by atoms with E-state index in [1.165, 1.54) is 5.56 Å². The van der Waals surface area contributed by atoms with Crippen LogP contribution in [0.5, 0.6) is 11.5 Å². The first-order valence-corrected chi connectivity index (χ1v) is 9.12. The van der Waals surface area contributed by atoms with E-state index in [9.17, 15) is 0 Å². The molecule has 5 heteroatoms. The Bertz CT molecular complexity index is 704. The van der Waals surface area contributed by atoms with Crippen molar-refractivity contribution >= 4 is 0 Å². The van der Waals surface area contributed by atoms with Gasteiger partial charge in [0.25, 0.3) is 0 Å². The largest absolute Gasteiger partial charge is 0.493 e. The van der Waals surface area contributed by atoms with Crippen molar-refractivity contribution in [1.29, 1.82) is 0 Å². The molecule has 1 aliphatic rings. The van der Waals surface area contributed by atoms with Crippen molar-refractivity contribution < 1.29 is 14.2 Å². The first-order chi connectivity index (χ1) is 12.6. The molecule has 0 spiro atoms. The number of benzene rings is 1. The van der Waals surface area contributed by atoms with Gasteiger partial charge in [0.2, 0.25) is 0 Å². The first kappa shape index (κ1) is 18.7. The van der Waals surface area contributed by atoms with Crippen LogP contribution in [0.3, 0.4) is 0 Å². The van der Waals surface area contributed by atoms with Gasteiger partial charge < -0.3 is 19.5 Å². The van der Waals surface area contributed by atoms with Gasteiger partial charge in [0, 0.05) is 37.2 Å². The van der Waals surface area contributed by atoms with Gasteiger partial charge in [-0.1, -0.05) is 12.1 Å². The maximum Gasteiger partial charge on any atom is 0.161 e. The quantitative estimate of drug-likeness (QED) is 0.819. The summed E-state index contributed by atoms with van der Waals surface area (Å²) in [6.07, 6.45) is 5.64. The van der Waals surface area contributed by atoms with Crippen LogP contribution in [0.1, 0.15) is 37.8 Å². The van der Waals surface area contributed by atoms with E-state index in [0.29, 0.717) is 12.6 Å². The highest BCUT2D eigenvalue weighted by Crippen LogP contribution is 2.29. The predicted octanol–water partition coefficient (Wildman–Crippen LogP) is 3.72. The second-order valence-corrected chi connectivity index (χ2v) is 7.31. The molecule has 26 heavy (non-hydrogen) atoms. The molecule has 5 nitrogen and oxygen atoms in total. The summed E-state index contributed by atoms with van der Waals surface area (Å²) in [5.74, 6) is 1.49. The summed E-state index contributed by atoms with van der Waals surface area (Å²) < 4.78 is 17.2. The SMILES string of the molecule is COc1ccc(CNC2CCOC(C)(C)C2)cc1OCc1cccnc1. The summed E-state index contributed by atoms with van der Waals surface area (Å²) in [5.41, 5.74) is 2.16. The van der Waals surface area contributed by atoms with Gasteiger partial charge >= 0.3 is 0 Å². The fourth-order valence-corrected chi connectivity index (χ4v) is 3.26. The highest BCUT2D eigenvalue weighted by Gasteiger charge is 2.28. The number of nitrogens with one attached hydrogen (secondary N) is 1. The fraction of sp³-hybridized carbons (Fsp3) is 0.476. The molecule has 0 amide bonds. The summed E-state index contributed by atoms with van der Waals surface area (Å²) in [7, 11) is 1.66. The monoisotopic (exact) mass is 356 g/mol. The topological polar surface area (TPSA) is 52.6 Å². The molecule has 1 aromatic carbocycles. The Morgan fingerprint density at radius 3 is 2.85 bits per heavy atom. The third kappa shape index (κ3) is 5.19. The second-order valence-electron chi connectivity index (χ2n) is 7.31. The normalized spacial score (nSPS) is 19.1. The van der Waals surface area contributed by atoms with Crippen LogP contribution in [0.15, 0.2) is 42.7 Å². The lowest BCUT2D eigenvalue weighted by atomic mass is 9.94. The summed E-state index contributed by atoms with van der Waals surface area (Å²) in [5, 5.41) is 3.65. The van der Waals surface area contributed by atoms with Gasteiger partial charge in [-0.2, -0.15) is 0 Å². The minimum Gasteiger partial charge on any atom is -0.493 e. The molecule has 0 bridgehead atoms. The molecular formula is C21H28N2O3. The van der Waals surface area contributed by atoms with Crippen molar-refractivity contribution in [3.8, 4) is 11.5 Å². The van der Waals surface area contributed by atoms with Gasteiger partial charge in [-0.15, -0.1) is 0 Å². The van der Waals surface area contributed by atoms with Crippen molar-refractivity contribution in [2.24, 2.45) is 0 Å². The van der Waals surface area contributed by atoms with Crippen molar-refractivity contribution in [3.05, 3.63) is 53.9 Å². The Morgan fingerprint density at radius 2 is 2.12 bits per heavy atom. The highest BCUT2D eigenvalue weighted by atomic mass is 16.5. The van der Waals surface area contributed by atoms with Gasteiger partial charge in [-0.25, -0.2) is 0 Å². The number of pyridine rings is 1. The highest BCUT2D eigenvalue weighted by molar-refractivity contribution is 5.43. The lowest BCUT2D eigenvalue weighted by Crippen LogP contribution is -2.43. The molecule has 0 saturated carbocycles. The van der Waals surface area contributed by atoms with Crippen molar-refractivity contribution in [2.75, 3.05) is 13.7 Å². The average molecular weight is 356 g/mol. The molecule has 1 fully saturated rings. The Kier molecular flexibility index (Phi) is 6.12. The molecular weight excluding hydrogens is 328 g/mol. The molecule has 140 valence electrons. The van der Waals surface area contributed by atoms with Crippen LogP contribution < -0.4 is 14.8 Å². The molecule has 2 heterocycles. The van der Waals surface area contributed by atoms with E-state index in [-0.39, 0.29) is 5.60 Å². The van der Waals surface area contributed by atoms with Gasteiger partial charge in [0.05, 0.1) is 12.7 Å². The van der Waals surface area contributed by atoms with Crippen LogP contribution in [-0.4, -0.2) is 30.3 Å². The number of nitrogens with zero attached hydrogens (tertiary/aromatic N) is 1. The van der Waals surface area contributed by atoms with Gasteiger partial charge in [-0.3, -0.25) is 4.98 Å². The molecule has 1 N–H and O–H groups in total. The van der Waals surface area contributed by atoms with E-state index in [1.54, 1.807) is 13.3 Å². The lowest BCUT2D eigenvalue weighted by Gasteiger charge is -2.36. The zero-order valence-corrected chi connectivity index (χ0v) is 15.8. The van der Waals surface area contributed by atoms with E-state index in [0.717, 1.165) is 43.1 Å². The number of hydrogen-bond acceptors (Lipinski definition) is 5. The average Bonchev–Trinajstić information content (AvgIpc) is 2.65. The van der Waals surface area contributed by atoms with Crippen molar-refractivity contribution in [3.63, 3.8) is 0 Å². The minimum absolute atomic E-state index is 0.0478. The van der Waals surface area contributed by atoms with E-state index in [4.69, 9.17) is 14.2 Å². The number of methoxy groups -OCH3 is 1. The van der Waals surface area contributed by atoms with Crippen LogP contribution in [0.2, 0.25) is 0 Å². The fourth-order valence-electron chi connectivity index (χ4n) is 3.26. The van der Waals surface area contributed by atoms with E-state index in [1.807, 2.05) is 30.5 Å². The van der Waals surface area contributed by atoms with Gasteiger partial charge in [0.1, 0.15) is 6.61 Å². The summed E-state index contributed by atoms with van der Waals surface area (Å²) in [4.78, 5) is 4.12. The Balaban J connectivity index is 1.61. The van der Waals surface area contributed by atoms with Crippen LogP contribution in [0.25, 0.3) is 0 Å². The maximum absolute atomic E-state index is 5.97. The Hall–Kier alpha value is -2.11. The predicted molar refractivity (Wildman–Crippen MR) is 101 cm³/mol. The lowest BCUT2D eigenvalue weighted by molar-refractivity contribution is -0.0630.